The molecule has 2 heterocycles. The van der Waals surface area contributed by atoms with Crippen LogP contribution in [0.1, 0.15) is 30.3 Å². The molecule has 0 saturated carbocycles. The molecule has 2 N–H and O–H groups in total. The Bertz CT molecular complexity index is 594. The third-order valence-electron chi connectivity index (χ3n) is 3.31. The van der Waals surface area contributed by atoms with E-state index in [2.05, 4.69) is 16.6 Å². The van der Waals surface area contributed by atoms with Gasteiger partial charge in [-0.1, -0.05) is 6.92 Å². The van der Waals surface area contributed by atoms with Crippen LogP contribution >= 0.6 is 0 Å². The van der Waals surface area contributed by atoms with Crippen molar-refractivity contribution in [3.05, 3.63) is 24.0 Å². The quantitative estimate of drug-likeness (QED) is 0.869. The summed E-state index contributed by atoms with van der Waals surface area (Å²) in [4.78, 5) is 14.4. The molecule has 1 aliphatic heterocycles. The number of carboxylic acid groups (broad SMARTS) is 1. The Hall–Kier alpha value is -1.67. The van der Waals surface area contributed by atoms with E-state index in [0.29, 0.717) is 19.0 Å². The first kappa shape index (κ1) is 14.7. The normalized spacial score (nSPS) is 17.9. The Balaban J connectivity index is 2.12. The summed E-state index contributed by atoms with van der Waals surface area (Å²) in [7, 11) is -3.64. The first-order valence-electron chi connectivity index (χ1n) is 6.36. The lowest BCUT2D eigenvalue weighted by Crippen LogP contribution is -2.41. The van der Waals surface area contributed by atoms with Crippen LogP contribution in [0, 0.1) is 5.92 Å². The minimum Gasteiger partial charge on any atom is -0.477 e. The molecule has 0 atom stereocenters. The summed E-state index contributed by atoms with van der Waals surface area (Å²) in [5.74, 6) is -0.668. The van der Waals surface area contributed by atoms with Crippen molar-refractivity contribution in [3.8, 4) is 0 Å². The highest BCUT2D eigenvalue weighted by Gasteiger charge is 2.26. The van der Waals surface area contributed by atoms with Gasteiger partial charge < -0.3 is 5.11 Å². The zero-order chi connectivity index (χ0) is 14.8. The summed E-state index contributed by atoms with van der Waals surface area (Å²) in [5.41, 5.74) is 0.00786. The summed E-state index contributed by atoms with van der Waals surface area (Å²) >= 11 is 0. The lowest BCUT2D eigenvalue weighted by molar-refractivity contribution is 0.0690. The van der Waals surface area contributed by atoms with Gasteiger partial charge in [-0.2, -0.15) is 12.7 Å². The van der Waals surface area contributed by atoms with Crippen molar-refractivity contribution in [3.63, 3.8) is 0 Å². The molecule has 0 unspecified atom stereocenters. The lowest BCUT2D eigenvalue weighted by Gasteiger charge is -2.29. The number of piperidine rings is 1. The average molecular weight is 299 g/mol. The summed E-state index contributed by atoms with van der Waals surface area (Å²) in [5, 5.41) is 8.84. The SMILES string of the molecule is CC1CCN(S(=O)(=O)Nc2ccnc(C(=O)O)c2)CC1. The number of carbonyl (C=O) groups is 1. The predicted octanol–water partition coefficient (Wildman–Crippen LogP) is 1.17. The minimum atomic E-state index is -3.64. The first-order valence-corrected chi connectivity index (χ1v) is 7.80. The van der Waals surface area contributed by atoms with Gasteiger partial charge in [-0.3, -0.25) is 4.72 Å². The van der Waals surface area contributed by atoms with Crippen molar-refractivity contribution in [1.29, 1.82) is 0 Å². The third kappa shape index (κ3) is 3.45. The topological polar surface area (TPSA) is 99.6 Å². The molecule has 0 spiro atoms. The maximum Gasteiger partial charge on any atom is 0.354 e. The number of hydrogen-bond acceptors (Lipinski definition) is 4. The lowest BCUT2D eigenvalue weighted by atomic mass is 10.0. The smallest absolute Gasteiger partial charge is 0.354 e. The molecule has 0 amide bonds. The number of carboxylic acids is 1. The van der Waals surface area contributed by atoms with Gasteiger partial charge in [-0.15, -0.1) is 0 Å². The van der Waals surface area contributed by atoms with Crippen LogP contribution in [-0.2, 0) is 10.2 Å². The maximum absolute atomic E-state index is 12.2. The number of aromatic nitrogens is 1. The molecule has 0 radical (unpaired) electrons. The number of pyridine rings is 1. The molecule has 8 heteroatoms. The molecule has 1 fully saturated rings. The van der Waals surface area contributed by atoms with E-state index < -0.39 is 16.2 Å². The van der Waals surface area contributed by atoms with E-state index in [4.69, 9.17) is 5.11 Å². The van der Waals surface area contributed by atoms with Crippen molar-refractivity contribution in [2.45, 2.75) is 19.8 Å². The summed E-state index contributed by atoms with van der Waals surface area (Å²) < 4.78 is 28.2. The van der Waals surface area contributed by atoms with Gasteiger partial charge in [-0.25, -0.2) is 9.78 Å². The molecule has 0 aliphatic carbocycles. The Morgan fingerprint density at radius 1 is 1.45 bits per heavy atom. The van der Waals surface area contributed by atoms with E-state index in [1.165, 1.54) is 22.6 Å². The van der Waals surface area contributed by atoms with E-state index in [1.54, 1.807) is 0 Å². The molecule has 1 aliphatic rings. The van der Waals surface area contributed by atoms with Gasteiger partial charge in [0.2, 0.25) is 0 Å². The fourth-order valence-corrected chi connectivity index (χ4v) is 3.30. The van der Waals surface area contributed by atoms with Crippen LogP contribution in [0.15, 0.2) is 18.3 Å². The number of aromatic carboxylic acids is 1. The number of rotatable bonds is 4. The van der Waals surface area contributed by atoms with Crippen LogP contribution in [0.5, 0.6) is 0 Å². The van der Waals surface area contributed by atoms with Crippen LogP contribution < -0.4 is 4.72 Å². The highest BCUT2D eigenvalue weighted by atomic mass is 32.2. The number of anilines is 1. The summed E-state index contributed by atoms with van der Waals surface area (Å²) in [6, 6.07) is 2.63. The van der Waals surface area contributed by atoms with Gasteiger partial charge in [0, 0.05) is 19.3 Å². The zero-order valence-corrected chi connectivity index (χ0v) is 11.9. The molecule has 0 aromatic carbocycles. The third-order valence-corrected chi connectivity index (χ3v) is 4.85. The Kier molecular flexibility index (Phi) is 4.24. The van der Waals surface area contributed by atoms with E-state index in [0.717, 1.165) is 12.8 Å². The van der Waals surface area contributed by atoms with E-state index >= 15 is 0 Å². The minimum absolute atomic E-state index is 0.197. The summed E-state index contributed by atoms with van der Waals surface area (Å²) in [6.45, 7) is 3.06. The highest BCUT2D eigenvalue weighted by Crippen LogP contribution is 2.20. The fraction of sp³-hybridized carbons (Fsp3) is 0.500. The Labute approximate surface area is 117 Å². The average Bonchev–Trinajstić information content (AvgIpc) is 2.39. The van der Waals surface area contributed by atoms with E-state index in [-0.39, 0.29) is 11.4 Å². The van der Waals surface area contributed by atoms with Gasteiger partial charge >= 0.3 is 16.2 Å². The number of nitrogens with zero attached hydrogens (tertiary/aromatic N) is 2. The molecule has 110 valence electrons. The highest BCUT2D eigenvalue weighted by molar-refractivity contribution is 7.90. The molecular formula is C12H17N3O4S. The molecule has 1 aromatic heterocycles. The molecule has 1 saturated heterocycles. The second kappa shape index (κ2) is 5.76. The number of hydrogen-bond donors (Lipinski definition) is 2. The number of nitrogens with one attached hydrogen (secondary N) is 1. The predicted molar refractivity (Wildman–Crippen MR) is 73.7 cm³/mol. The molecular weight excluding hydrogens is 282 g/mol. The van der Waals surface area contributed by atoms with Gasteiger partial charge in [0.15, 0.2) is 0 Å². The molecule has 0 bridgehead atoms. The van der Waals surface area contributed by atoms with Crippen LogP contribution in [0.4, 0.5) is 5.69 Å². The molecule has 1 aromatic rings. The Morgan fingerprint density at radius 3 is 2.70 bits per heavy atom. The Morgan fingerprint density at radius 2 is 2.10 bits per heavy atom. The zero-order valence-electron chi connectivity index (χ0n) is 11.1. The van der Waals surface area contributed by atoms with Crippen molar-refractivity contribution in [1.82, 2.24) is 9.29 Å². The standard InChI is InChI=1S/C12H17N3O4S/c1-9-3-6-15(7-4-9)20(18,19)14-10-2-5-13-11(8-10)12(16)17/h2,5,8-9H,3-4,6-7H2,1H3,(H,13,14)(H,16,17). The van der Waals surface area contributed by atoms with Crippen molar-refractivity contribution in [2.75, 3.05) is 17.8 Å². The fourth-order valence-electron chi connectivity index (χ4n) is 2.05. The monoisotopic (exact) mass is 299 g/mol. The molecule has 2 rings (SSSR count). The molecule has 20 heavy (non-hydrogen) atoms. The van der Waals surface area contributed by atoms with Crippen molar-refractivity contribution < 1.29 is 18.3 Å². The van der Waals surface area contributed by atoms with Crippen LogP contribution in [0.2, 0.25) is 0 Å². The van der Waals surface area contributed by atoms with Gasteiger partial charge in [-0.05, 0) is 30.9 Å². The second-order valence-corrected chi connectivity index (χ2v) is 6.59. The largest absolute Gasteiger partial charge is 0.477 e. The summed E-state index contributed by atoms with van der Waals surface area (Å²) in [6.07, 6.45) is 2.93. The van der Waals surface area contributed by atoms with Crippen LogP contribution in [-0.4, -0.2) is 41.9 Å². The van der Waals surface area contributed by atoms with Crippen molar-refractivity contribution >= 4 is 21.9 Å². The molecule has 7 nitrogen and oxygen atoms in total. The first-order chi connectivity index (χ1) is 9.38. The van der Waals surface area contributed by atoms with E-state index in [1.807, 2.05) is 0 Å². The second-order valence-electron chi connectivity index (χ2n) is 4.92. The maximum atomic E-state index is 12.2. The van der Waals surface area contributed by atoms with Crippen LogP contribution in [0.25, 0.3) is 0 Å². The van der Waals surface area contributed by atoms with Gasteiger partial charge in [0.1, 0.15) is 5.69 Å². The van der Waals surface area contributed by atoms with Gasteiger partial charge in [0.05, 0.1) is 5.69 Å². The van der Waals surface area contributed by atoms with Crippen LogP contribution in [0.3, 0.4) is 0 Å². The van der Waals surface area contributed by atoms with E-state index in [9.17, 15) is 13.2 Å². The van der Waals surface area contributed by atoms with Crippen molar-refractivity contribution in [2.24, 2.45) is 5.92 Å². The van der Waals surface area contributed by atoms with Gasteiger partial charge in [0.25, 0.3) is 0 Å².